The average Bonchev–Trinajstić information content (AvgIpc) is 2.62. The number of rotatable bonds is 4. The molecule has 0 amide bonds. The Kier molecular flexibility index (Phi) is 5.11. The summed E-state index contributed by atoms with van der Waals surface area (Å²) in [6.45, 7) is 4.61. The summed E-state index contributed by atoms with van der Waals surface area (Å²) in [4.78, 5) is 2.20. The summed E-state index contributed by atoms with van der Waals surface area (Å²) in [5.41, 5.74) is 0.840. The molecule has 7 heteroatoms. The minimum Gasteiger partial charge on any atom is -0.406 e. The molecule has 2 aromatic rings. The molecule has 140 valence electrons. The second-order valence-electron chi connectivity index (χ2n) is 6.29. The van der Waals surface area contributed by atoms with Crippen LogP contribution >= 0.6 is 0 Å². The lowest BCUT2D eigenvalue weighted by Gasteiger charge is -2.30. The smallest absolute Gasteiger partial charge is 0.406 e. The maximum Gasteiger partial charge on any atom is 0.573 e. The molecule has 0 aliphatic carbocycles. The minimum absolute atomic E-state index is 0.320. The van der Waals surface area contributed by atoms with Crippen molar-refractivity contribution in [2.45, 2.75) is 18.9 Å². The third-order valence-corrected chi connectivity index (χ3v) is 4.46. The maximum atomic E-state index is 12.2. The van der Waals surface area contributed by atoms with Gasteiger partial charge in [-0.2, -0.15) is 0 Å². The van der Waals surface area contributed by atoms with Crippen molar-refractivity contribution in [1.82, 2.24) is 0 Å². The molecule has 3 rings (SSSR count). The molecular formula is C19H20F3NO3. The van der Waals surface area contributed by atoms with Gasteiger partial charge in [-0.15, -0.1) is 13.2 Å². The summed E-state index contributed by atoms with van der Waals surface area (Å²) in [5.74, 6) is -0.320. The van der Waals surface area contributed by atoms with Crippen LogP contribution in [0.4, 0.5) is 18.9 Å². The van der Waals surface area contributed by atoms with Crippen molar-refractivity contribution in [1.29, 1.82) is 0 Å². The summed E-state index contributed by atoms with van der Waals surface area (Å²) < 4.78 is 45.9. The average molecular weight is 367 g/mol. The van der Waals surface area contributed by atoms with Crippen molar-refractivity contribution < 1.29 is 27.8 Å². The van der Waals surface area contributed by atoms with Crippen molar-refractivity contribution in [3.63, 3.8) is 0 Å². The van der Waals surface area contributed by atoms with Crippen LogP contribution in [0.1, 0.15) is 18.1 Å². The van der Waals surface area contributed by atoms with Crippen molar-refractivity contribution in [3.8, 4) is 5.75 Å². The quantitative estimate of drug-likeness (QED) is 0.895. The fraction of sp³-hybridized carbons (Fsp3) is 0.368. The lowest BCUT2D eigenvalue weighted by molar-refractivity contribution is -0.274. The number of morpholine rings is 1. The first-order valence-corrected chi connectivity index (χ1v) is 8.27. The van der Waals surface area contributed by atoms with E-state index in [0.29, 0.717) is 24.3 Å². The van der Waals surface area contributed by atoms with Gasteiger partial charge in [-0.05, 0) is 42.3 Å². The molecule has 1 saturated heterocycles. The molecule has 0 saturated carbocycles. The zero-order chi connectivity index (χ0) is 18.8. The molecule has 1 N–H and O–H groups in total. The second kappa shape index (κ2) is 7.17. The molecular weight excluding hydrogens is 347 g/mol. The summed E-state index contributed by atoms with van der Waals surface area (Å²) in [7, 11) is 0. The normalized spacial score (nSPS) is 17.7. The van der Waals surface area contributed by atoms with Gasteiger partial charge in [-0.25, -0.2) is 0 Å². The number of ether oxygens (including phenoxy) is 2. The van der Waals surface area contributed by atoms with Crippen LogP contribution in [0, 0.1) is 0 Å². The lowest BCUT2D eigenvalue weighted by atomic mass is 9.88. The molecule has 1 fully saturated rings. The van der Waals surface area contributed by atoms with E-state index in [2.05, 4.69) is 9.64 Å². The number of alkyl halides is 3. The van der Waals surface area contributed by atoms with Crippen LogP contribution in [0.5, 0.6) is 5.75 Å². The number of nitrogens with zero attached hydrogens (tertiary/aromatic N) is 1. The fourth-order valence-electron chi connectivity index (χ4n) is 2.97. The highest BCUT2D eigenvalue weighted by molar-refractivity contribution is 5.50. The number of hydrogen-bond donors (Lipinski definition) is 1. The predicted octanol–water partition coefficient (Wildman–Crippen LogP) is 3.68. The topological polar surface area (TPSA) is 41.9 Å². The standard InChI is InChI=1S/C19H20F3NO3/c1-18(24,15-4-8-17(9-5-15)26-19(20,21)22)14-2-6-16(7-3-14)23-10-12-25-13-11-23/h2-9,24H,10-13H2,1H3. The monoisotopic (exact) mass is 367 g/mol. The molecule has 1 atom stereocenters. The fourth-order valence-corrected chi connectivity index (χ4v) is 2.97. The van der Waals surface area contributed by atoms with E-state index in [1.165, 1.54) is 24.3 Å². The third kappa shape index (κ3) is 4.28. The van der Waals surface area contributed by atoms with Crippen LogP contribution in [-0.4, -0.2) is 37.8 Å². The Bertz CT molecular complexity index is 721. The SMILES string of the molecule is CC(O)(c1ccc(OC(F)(F)F)cc1)c1ccc(N2CCOCC2)cc1. The van der Waals surface area contributed by atoms with Gasteiger partial charge < -0.3 is 19.5 Å². The molecule has 0 bridgehead atoms. The summed E-state index contributed by atoms with van der Waals surface area (Å²) in [6.07, 6.45) is -4.74. The highest BCUT2D eigenvalue weighted by atomic mass is 19.4. The van der Waals surface area contributed by atoms with E-state index in [4.69, 9.17) is 4.74 Å². The van der Waals surface area contributed by atoms with Crippen molar-refractivity contribution >= 4 is 5.69 Å². The van der Waals surface area contributed by atoms with Gasteiger partial charge in [0, 0.05) is 18.8 Å². The zero-order valence-corrected chi connectivity index (χ0v) is 14.3. The van der Waals surface area contributed by atoms with Crippen molar-refractivity contribution in [2.75, 3.05) is 31.2 Å². The number of aliphatic hydroxyl groups is 1. The van der Waals surface area contributed by atoms with Gasteiger partial charge >= 0.3 is 6.36 Å². The Hall–Kier alpha value is -2.25. The van der Waals surface area contributed by atoms with Crippen LogP contribution < -0.4 is 9.64 Å². The Morgan fingerprint density at radius 3 is 1.92 bits per heavy atom. The van der Waals surface area contributed by atoms with E-state index in [0.717, 1.165) is 18.8 Å². The summed E-state index contributed by atoms with van der Waals surface area (Å²) in [6, 6.07) is 12.7. The maximum absolute atomic E-state index is 12.2. The van der Waals surface area contributed by atoms with Gasteiger partial charge in [0.2, 0.25) is 0 Å². The van der Waals surface area contributed by atoms with E-state index in [9.17, 15) is 18.3 Å². The molecule has 1 aliphatic heterocycles. The van der Waals surface area contributed by atoms with Crippen LogP contribution in [-0.2, 0) is 10.3 Å². The summed E-state index contributed by atoms with van der Waals surface area (Å²) >= 11 is 0. The lowest BCUT2D eigenvalue weighted by Crippen LogP contribution is -2.36. The number of benzene rings is 2. The van der Waals surface area contributed by atoms with Crippen molar-refractivity contribution in [3.05, 3.63) is 59.7 Å². The van der Waals surface area contributed by atoms with Crippen LogP contribution in [0.25, 0.3) is 0 Å². The summed E-state index contributed by atoms with van der Waals surface area (Å²) in [5, 5.41) is 10.9. The Balaban J connectivity index is 1.76. The first-order valence-electron chi connectivity index (χ1n) is 8.27. The van der Waals surface area contributed by atoms with Gasteiger partial charge in [0.15, 0.2) is 0 Å². The van der Waals surface area contributed by atoms with Gasteiger partial charge in [-0.1, -0.05) is 24.3 Å². The van der Waals surface area contributed by atoms with Gasteiger partial charge in [-0.3, -0.25) is 0 Å². The number of anilines is 1. The molecule has 2 aromatic carbocycles. The molecule has 1 aliphatic rings. The van der Waals surface area contributed by atoms with Crippen LogP contribution in [0.2, 0.25) is 0 Å². The number of halogens is 3. The third-order valence-electron chi connectivity index (χ3n) is 4.46. The van der Waals surface area contributed by atoms with Gasteiger partial charge in [0.1, 0.15) is 11.4 Å². The minimum atomic E-state index is -4.74. The molecule has 0 spiro atoms. The molecule has 1 heterocycles. The highest BCUT2D eigenvalue weighted by Crippen LogP contribution is 2.32. The molecule has 1 unspecified atom stereocenters. The highest BCUT2D eigenvalue weighted by Gasteiger charge is 2.31. The van der Waals surface area contributed by atoms with Crippen LogP contribution in [0.3, 0.4) is 0 Å². The van der Waals surface area contributed by atoms with E-state index < -0.39 is 12.0 Å². The van der Waals surface area contributed by atoms with Gasteiger partial charge in [0.25, 0.3) is 0 Å². The first kappa shape index (κ1) is 18.5. The van der Waals surface area contributed by atoms with Gasteiger partial charge in [0.05, 0.1) is 13.2 Å². The van der Waals surface area contributed by atoms with E-state index in [1.807, 2.05) is 24.3 Å². The predicted molar refractivity (Wildman–Crippen MR) is 91.3 cm³/mol. The van der Waals surface area contributed by atoms with E-state index in [-0.39, 0.29) is 5.75 Å². The molecule has 0 radical (unpaired) electrons. The molecule has 0 aromatic heterocycles. The zero-order valence-electron chi connectivity index (χ0n) is 14.3. The van der Waals surface area contributed by atoms with Crippen LogP contribution in [0.15, 0.2) is 48.5 Å². The number of hydrogen-bond acceptors (Lipinski definition) is 4. The second-order valence-corrected chi connectivity index (χ2v) is 6.29. The molecule has 26 heavy (non-hydrogen) atoms. The Morgan fingerprint density at radius 1 is 0.923 bits per heavy atom. The molecule has 4 nitrogen and oxygen atoms in total. The largest absolute Gasteiger partial charge is 0.573 e. The first-order chi connectivity index (χ1) is 12.3. The van der Waals surface area contributed by atoms with E-state index >= 15 is 0 Å². The van der Waals surface area contributed by atoms with Crippen molar-refractivity contribution in [2.24, 2.45) is 0 Å². The Morgan fingerprint density at radius 2 is 1.42 bits per heavy atom. The van der Waals surface area contributed by atoms with E-state index in [1.54, 1.807) is 6.92 Å². The Labute approximate surface area is 149 Å².